The SMILES string of the molecule is Cc1cc2c3c(c1)C(C)(C)c1cc(N(c4ccccc4)c4ccccc4)ccc1B3c1cccc3c4sc5ccccc5c4n-2c13. The quantitative estimate of drug-likeness (QED) is 0.182. The van der Waals surface area contributed by atoms with Crippen LogP contribution < -0.4 is 21.3 Å². The van der Waals surface area contributed by atoms with Crippen molar-refractivity contribution < 1.29 is 0 Å². The second-order valence-corrected chi connectivity index (χ2v) is 14.5. The minimum Gasteiger partial charge on any atom is -0.310 e. The molecule has 2 aromatic heterocycles. The fourth-order valence-corrected chi connectivity index (χ4v) is 9.72. The van der Waals surface area contributed by atoms with Gasteiger partial charge in [-0.15, -0.1) is 11.3 Å². The van der Waals surface area contributed by atoms with Crippen LogP contribution in [0.25, 0.3) is 36.9 Å². The molecule has 8 aromatic rings. The van der Waals surface area contributed by atoms with Gasteiger partial charge in [-0.25, -0.2) is 0 Å². The van der Waals surface area contributed by atoms with Crippen LogP contribution in [0.5, 0.6) is 0 Å². The first-order valence-corrected chi connectivity index (χ1v) is 17.0. The Morgan fingerprint density at radius 2 is 1.30 bits per heavy atom. The number of thiophene rings is 1. The van der Waals surface area contributed by atoms with Crippen LogP contribution in [-0.2, 0) is 5.41 Å². The van der Waals surface area contributed by atoms with Crippen LogP contribution in [0.1, 0.15) is 30.5 Å². The van der Waals surface area contributed by atoms with E-state index in [1.54, 1.807) is 0 Å². The molecule has 2 aliphatic heterocycles. The molecule has 4 heteroatoms. The van der Waals surface area contributed by atoms with Crippen molar-refractivity contribution in [3.05, 3.63) is 150 Å². The van der Waals surface area contributed by atoms with Crippen molar-refractivity contribution in [1.29, 1.82) is 0 Å². The second-order valence-electron chi connectivity index (χ2n) is 13.4. The molecule has 46 heavy (non-hydrogen) atoms. The van der Waals surface area contributed by atoms with Crippen molar-refractivity contribution in [2.24, 2.45) is 0 Å². The number of aryl methyl sites for hydroxylation is 1. The van der Waals surface area contributed by atoms with Crippen molar-refractivity contribution in [3.8, 4) is 5.69 Å². The van der Waals surface area contributed by atoms with Gasteiger partial charge in [-0.05, 0) is 83.1 Å². The molecule has 0 saturated carbocycles. The molecule has 218 valence electrons. The zero-order valence-electron chi connectivity index (χ0n) is 26.1. The maximum atomic E-state index is 2.61. The van der Waals surface area contributed by atoms with Crippen molar-refractivity contribution in [3.63, 3.8) is 0 Å². The van der Waals surface area contributed by atoms with E-state index in [0.717, 1.165) is 11.4 Å². The Kier molecular flexibility index (Phi) is 5.26. The fourth-order valence-electron chi connectivity index (χ4n) is 8.50. The summed E-state index contributed by atoms with van der Waals surface area (Å²) < 4.78 is 5.36. The van der Waals surface area contributed by atoms with Crippen LogP contribution in [0.15, 0.2) is 133 Å². The van der Waals surface area contributed by atoms with Gasteiger partial charge in [0.15, 0.2) is 0 Å². The molecular weight excluding hydrogens is 575 g/mol. The number of para-hydroxylation sites is 3. The number of aromatic nitrogens is 1. The molecule has 0 N–H and O–H groups in total. The highest BCUT2D eigenvalue weighted by Gasteiger charge is 2.45. The second kappa shape index (κ2) is 9.25. The molecule has 0 atom stereocenters. The van der Waals surface area contributed by atoms with E-state index in [1.807, 2.05) is 11.3 Å². The van der Waals surface area contributed by atoms with Gasteiger partial charge < -0.3 is 9.47 Å². The number of benzene rings is 6. The van der Waals surface area contributed by atoms with Crippen molar-refractivity contribution in [1.82, 2.24) is 4.57 Å². The third-order valence-electron chi connectivity index (χ3n) is 10.5. The lowest BCUT2D eigenvalue weighted by Crippen LogP contribution is -2.63. The van der Waals surface area contributed by atoms with Gasteiger partial charge >= 0.3 is 0 Å². The largest absolute Gasteiger partial charge is 0.310 e. The zero-order chi connectivity index (χ0) is 30.7. The summed E-state index contributed by atoms with van der Waals surface area (Å²) in [4.78, 5) is 2.39. The van der Waals surface area contributed by atoms with E-state index in [9.17, 15) is 0 Å². The number of hydrogen-bond acceptors (Lipinski definition) is 2. The van der Waals surface area contributed by atoms with E-state index in [-0.39, 0.29) is 12.1 Å². The average Bonchev–Trinajstić information content (AvgIpc) is 3.62. The van der Waals surface area contributed by atoms with E-state index in [1.165, 1.54) is 75.7 Å². The maximum Gasteiger partial charge on any atom is 0.247 e. The van der Waals surface area contributed by atoms with Crippen molar-refractivity contribution in [2.75, 3.05) is 4.90 Å². The van der Waals surface area contributed by atoms with Crippen molar-refractivity contribution in [2.45, 2.75) is 26.2 Å². The Hall–Kier alpha value is -5.06. The fraction of sp³-hybridized carbons (Fsp3) is 0.0952. The highest BCUT2D eigenvalue weighted by atomic mass is 32.1. The maximum absolute atomic E-state index is 2.61. The third-order valence-corrected chi connectivity index (χ3v) is 11.6. The molecule has 0 amide bonds. The highest BCUT2D eigenvalue weighted by Crippen LogP contribution is 2.46. The summed E-state index contributed by atoms with van der Waals surface area (Å²) >= 11 is 1.93. The van der Waals surface area contributed by atoms with Crippen LogP contribution in [0.4, 0.5) is 17.1 Å². The minimum atomic E-state index is -0.189. The van der Waals surface area contributed by atoms with Gasteiger partial charge in [-0.3, -0.25) is 0 Å². The number of hydrogen-bond donors (Lipinski definition) is 0. The Bertz CT molecular complexity index is 2480. The summed E-state index contributed by atoms with van der Waals surface area (Å²) in [6.07, 6.45) is 0. The van der Waals surface area contributed by atoms with Gasteiger partial charge in [-0.2, -0.15) is 0 Å². The first-order chi connectivity index (χ1) is 22.5. The topological polar surface area (TPSA) is 8.17 Å². The first kappa shape index (κ1) is 26.2. The van der Waals surface area contributed by atoms with E-state index < -0.39 is 0 Å². The average molecular weight is 607 g/mol. The van der Waals surface area contributed by atoms with Gasteiger partial charge in [0, 0.05) is 43.6 Å². The summed E-state index contributed by atoms with van der Waals surface area (Å²) in [5.74, 6) is 0. The van der Waals surface area contributed by atoms with E-state index in [2.05, 4.69) is 164 Å². The van der Waals surface area contributed by atoms with Gasteiger partial charge in [0.25, 0.3) is 0 Å². The van der Waals surface area contributed by atoms with Crippen molar-refractivity contribution >= 4 is 82.7 Å². The van der Waals surface area contributed by atoms with Crippen LogP contribution in [0.2, 0.25) is 0 Å². The van der Waals surface area contributed by atoms with Crippen LogP contribution >= 0.6 is 11.3 Å². The predicted octanol–water partition coefficient (Wildman–Crippen LogP) is 9.25. The molecule has 0 radical (unpaired) electrons. The Morgan fingerprint density at radius 1 is 0.609 bits per heavy atom. The molecule has 4 heterocycles. The molecule has 0 saturated heterocycles. The molecule has 2 aliphatic rings. The molecule has 0 unspecified atom stereocenters. The summed E-state index contributed by atoms with van der Waals surface area (Å²) in [7, 11) is 0. The van der Waals surface area contributed by atoms with Crippen LogP contribution in [-0.4, -0.2) is 11.3 Å². The van der Waals surface area contributed by atoms with Gasteiger partial charge in [0.2, 0.25) is 6.71 Å². The zero-order valence-corrected chi connectivity index (χ0v) is 26.9. The Labute approximate surface area is 273 Å². The lowest BCUT2D eigenvalue weighted by molar-refractivity contribution is 0.645. The molecule has 10 rings (SSSR count). The molecular formula is C42H31BN2S. The molecule has 6 aromatic carbocycles. The number of anilines is 3. The summed E-state index contributed by atoms with van der Waals surface area (Å²) in [6.45, 7) is 7.30. The van der Waals surface area contributed by atoms with Gasteiger partial charge in [-0.1, -0.05) is 104 Å². The number of nitrogens with zero attached hydrogens (tertiary/aromatic N) is 2. The highest BCUT2D eigenvalue weighted by molar-refractivity contribution is 7.26. The Morgan fingerprint density at radius 3 is 2.07 bits per heavy atom. The molecule has 2 nitrogen and oxygen atoms in total. The molecule has 0 fully saturated rings. The summed E-state index contributed by atoms with van der Waals surface area (Å²) in [5, 5.41) is 2.71. The lowest BCUT2D eigenvalue weighted by Gasteiger charge is -2.42. The smallest absolute Gasteiger partial charge is 0.247 e. The number of rotatable bonds is 3. The summed E-state index contributed by atoms with van der Waals surface area (Å²) in [5.41, 5.74) is 15.8. The summed E-state index contributed by atoms with van der Waals surface area (Å²) in [6, 6.07) is 49.6. The minimum absolute atomic E-state index is 0.177. The van der Waals surface area contributed by atoms with Crippen LogP contribution in [0.3, 0.4) is 0 Å². The van der Waals surface area contributed by atoms with Gasteiger partial charge in [0.05, 0.1) is 15.7 Å². The lowest BCUT2D eigenvalue weighted by atomic mass is 9.30. The molecule has 0 spiro atoms. The number of fused-ring (bicyclic) bond motifs is 9. The van der Waals surface area contributed by atoms with Gasteiger partial charge in [0.1, 0.15) is 0 Å². The van der Waals surface area contributed by atoms with E-state index >= 15 is 0 Å². The molecule has 0 aliphatic carbocycles. The van der Waals surface area contributed by atoms with Crippen LogP contribution in [0, 0.1) is 6.92 Å². The predicted molar refractivity (Wildman–Crippen MR) is 199 cm³/mol. The first-order valence-electron chi connectivity index (χ1n) is 16.2. The standard InChI is InChI=1S/C42H31BN2S/c1-26-23-33-38-36(24-26)45-39-31(41-40(45)30-17-10-11-20-37(30)46-41)18-12-19-35(39)43(38)34-22-21-29(25-32(34)42(33,2)3)44(27-13-6-4-7-14-27)28-15-8-5-9-16-28/h4-25H,1-3H3. The third kappa shape index (κ3) is 3.37. The van der Waals surface area contributed by atoms with E-state index in [0.29, 0.717) is 0 Å². The monoisotopic (exact) mass is 606 g/mol. The van der Waals surface area contributed by atoms with E-state index in [4.69, 9.17) is 0 Å². The Balaban J connectivity index is 1.28. The normalized spacial score (nSPS) is 14.1. The molecule has 0 bridgehead atoms.